The number of hydrogen-bond donors (Lipinski definition) is 1. The number of halogens is 2. The molecule has 0 fully saturated rings. The van der Waals surface area contributed by atoms with Crippen LogP contribution in [0.15, 0.2) is 83.4 Å². The van der Waals surface area contributed by atoms with Crippen LogP contribution >= 0.6 is 34.5 Å². The van der Waals surface area contributed by atoms with Gasteiger partial charge in [-0.25, -0.2) is 0 Å². The highest BCUT2D eigenvalue weighted by Crippen LogP contribution is 2.21. The fourth-order valence-electron chi connectivity index (χ4n) is 3.05. The maximum atomic E-state index is 12.6. The molecule has 0 unspecified atom stereocenters. The van der Waals surface area contributed by atoms with Gasteiger partial charge in [0.1, 0.15) is 0 Å². The predicted octanol–water partition coefficient (Wildman–Crippen LogP) is 4.97. The molecule has 0 atom stereocenters. The van der Waals surface area contributed by atoms with E-state index in [1.807, 2.05) is 46.5 Å². The molecule has 0 spiro atoms. The lowest BCUT2D eigenvalue weighted by Gasteiger charge is -2.07. The van der Waals surface area contributed by atoms with Gasteiger partial charge in [-0.1, -0.05) is 41.4 Å². The Morgan fingerprint density at radius 3 is 2.61 bits per heavy atom. The molecule has 0 bridgehead atoms. The normalized spacial score (nSPS) is 11.4. The number of amides is 2. The molecule has 6 nitrogen and oxygen atoms in total. The summed E-state index contributed by atoms with van der Waals surface area (Å²) < 4.78 is 1.86. The molecule has 4 aromatic rings. The fraction of sp³-hybridized carbons (Fsp3) is 0.0833. The van der Waals surface area contributed by atoms with Crippen molar-refractivity contribution < 1.29 is 9.59 Å². The topological polar surface area (TPSA) is 76.3 Å². The molecule has 33 heavy (non-hydrogen) atoms. The third kappa shape index (κ3) is 5.96. The zero-order valence-electron chi connectivity index (χ0n) is 17.2. The first kappa shape index (κ1) is 22.9. The van der Waals surface area contributed by atoms with E-state index in [1.165, 1.54) is 17.4 Å². The molecule has 0 saturated carbocycles. The molecule has 0 saturated heterocycles. The van der Waals surface area contributed by atoms with E-state index in [0.29, 0.717) is 34.0 Å². The van der Waals surface area contributed by atoms with Crippen molar-refractivity contribution in [2.45, 2.75) is 13.1 Å². The van der Waals surface area contributed by atoms with Crippen LogP contribution in [0, 0.1) is 0 Å². The van der Waals surface area contributed by atoms with Gasteiger partial charge in [-0.15, -0.1) is 11.3 Å². The predicted molar refractivity (Wildman–Crippen MR) is 130 cm³/mol. The van der Waals surface area contributed by atoms with Crippen LogP contribution in [0.5, 0.6) is 0 Å². The molecule has 9 heteroatoms. The summed E-state index contributed by atoms with van der Waals surface area (Å²) in [5.74, 6) is -0.607. The van der Waals surface area contributed by atoms with Crippen molar-refractivity contribution in [3.05, 3.63) is 116 Å². The van der Waals surface area contributed by atoms with Gasteiger partial charge in [-0.05, 0) is 48.0 Å². The average molecular weight is 497 g/mol. The first-order chi connectivity index (χ1) is 16.0. The Morgan fingerprint density at radius 2 is 1.88 bits per heavy atom. The number of rotatable bonds is 6. The van der Waals surface area contributed by atoms with E-state index in [9.17, 15) is 9.59 Å². The summed E-state index contributed by atoms with van der Waals surface area (Å²) in [5.41, 5.74) is 2.61. The Labute approximate surface area is 204 Å². The molecule has 0 radical (unpaired) electrons. The van der Waals surface area contributed by atoms with Gasteiger partial charge in [0.15, 0.2) is 4.80 Å². The molecular weight excluding hydrogens is 479 g/mol. The molecule has 2 heterocycles. The number of nitrogens with one attached hydrogen (secondary N) is 1. The van der Waals surface area contributed by atoms with Crippen LogP contribution in [0.2, 0.25) is 10.0 Å². The second-order valence-corrected chi connectivity index (χ2v) is 8.77. The van der Waals surface area contributed by atoms with Crippen LogP contribution in [0.4, 0.5) is 0 Å². The zero-order valence-corrected chi connectivity index (χ0v) is 19.6. The van der Waals surface area contributed by atoms with Gasteiger partial charge in [-0.2, -0.15) is 4.99 Å². The quantitative estimate of drug-likeness (QED) is 0.409. The number of aromatic nitrogens is 2. The fourth-order valence-corrected chi connectivity index (χ4v) is 4.27. The summed E-state index contributed by atoms with van der Waals surface area (Å²) in [7, 11) is 0. The van der Waals surface area contributed by atoms with Crippen LogP contribution in [0.1, 0.15) is 32.0 Å². The minimum Gasteiger partial charge on any atom is -0.346 e. The number of carbonyl (C=O) groups is 2. The minimum atomic E-state index is -0.437. The maximum absolute atomic E-state index is 12.6. The van der Waals surface area contributed by atoms with Crippen LogP contribution in [-0.4, -0.2) is 21.4 Å². The second-order valence-electron chi connectivity index (χ2n) is 7.06. The number of thiazole rings is 1. The van der Waals surface area contributed by atoms with Gasteiger partial charge >= 0.3 is 0 Å². The molecule has 0 aliphatic heterocycles. The number of pyridine rings is 1. The first-order valence-electron chi connectivity index (χ1n) is 9.95. The first-order valence-corrected chi connectivity index (χ1v) is 11.6. The number of benzene rings is 2. The van der Waals surface area contributed by atoms with Gasteiger partial charge in [0.05, 0.1) is 22.8 Å². The monoisotopic (exact) mass is 496 g/mol. The van der Waals surface area contributed by atoms with Crippen molar-refractivity contribution in [2.24, 2.45) is 4.99 Å². The summed E-state index contributed by atoms with van der Waals surface area (Å²) in [6.45, 7) is 0.864. The van der Waals surface area contributed by atoms with Crippen LogP contribution in [0.3, 0.4) is 0 Å². The SMILES string of the molecule is O=C(NCc1ccccn1)c1ccc(Cn2ccsc2=NC(=O)c2ccc(Cl)cc2Cl)cc1. The van der Waals surface area contributed by atoms with Gasteiger partial charge in [-0.3, -0.25) is 14.6 Å². The van der Waals surface area contributed by atoms with E-state index in [2.05, 4.69) is 15.3 Å². The molecule has 2 aromatic heterocycles. The summed E-state index contributed by atoms with van der Waals surface area (Å²) in [6, 6.07) is 17.5. The highest BCUT2D eigenvalue weighted by atomic mass is 35.5. The zero-order chi connectivity index (χ0) is 23.2. The Bertz CT molecular complexity index is 1350. The third-order valence-electron chi connectivity index (χ3n) is 4.74. The number of nitrogens with zero attached hydrogens (tertiary/aromatic N) is 3. The van der Waals surface area contributed by atoms with E-state index >= 15 is 0 Å². The van der Waals surface area contributed by atoms with Crippen molar-refractivity contribution in [1.29, 1.82) is 0 Å². The molecule has 4 rings (SSSR count). The highest BCUT2D eigenvalue weighted by Gasteiger charge is 2.11. The lowest BCUT2D eigenvalue weighted by molar-refractivity contribution is 0.0949. The highest BCUT2D eigenvalue weighted by molar-refractivity contribution is 7.07. The average Bonchev–Trinajstić information content (AvgIpc) is 3.24. The minimum absolute atomic E-state index is 0.170. The summed E-state index contributed by atoms with van der Waals surface area (Å²) >= 11 is 13.4. The van der Waals surface area contributed by atoms with E-state index < -0.39 is 5.91 Å². The van der Waals surface area contributed by atoms with Crippen LogP contribution < -0.4 is 10.1 Å². The Morgan fingerprint density at radius 1 is 1.06 bits per heavy atom. The molecule has 2 amide bonds. The smallest absolute Gasteiger partial charge is 0.281 e. The molecule has 1 N–H and O–H groups in total. The molecule has 0 aliphatic rings. The molecule has 2 aromatic carbocycles. The van der Waals surface area contributed by atoms with Crippen LogP contribution in [-0.2, 0) is 13.1 Å². The van der Waals surface area contributed by atoms with E-state index in [0.717, 1.165) is 11.3 Å². The molecule has 0 aliphatic carbocycles. The lowest BCUT2D eigenvalue weighted by Crippen LogP contribution is -2.23. The van der Waals surface area contributed by atoms with E-state index in [-0.39, 0.29) is 10.9 Å². The Kier molecular flexibility index (Phi) is 7.34. The Hall–Kier alpha value is -3.26. The van der Waals surface area contributed by atoms with Gasteiger partial charge < -0.3 is 9.88 Å². The third-order valence-corrected chi connectivity index (χ3v) is 6.09. The van der Waals surface area contributed by atoms with Gasteiger partial charge in [0, 0.05) is 34.9 Å². The van der Waals surface area contributed by atoms with Gasteiger partial charge in [0.25, 0.3) is 11.8 Å². The summed E-state index contributed by atoms with van der Waals surface area (Å²) in [6.07, 6.45) is 3.55. The van der Waals surface area contributed by atoms with Crippen molar-refractivity contribution in [2.75, 3.05) is 0 Å². The summed E-state index contributed by atoms with van der Waals surface area (Å²) in [4.78, 5) is 33.9. The largest absolute Gasteiger partial charge is 0.346 e. The second kappa shape index (κ2) is 10.6. The van der Waals surface area contributed by atoms with Crippen molar-refractivity contribution >= 4 is 46.4 Å². The Balaban J connectivity index is 1.44. The number of hydrogen-bond acceptors (Lipinski definition) is 4. The summed E-state index contributed by atoms with van der Waals surface area (Å²) in [5, 5.41) is 5.43. The van der Waals surface area contributed by atoms with E-state index in [1.54, 1.807) is 30.5 Å². The number of carbonyl (C=O) groups excluding carboxylic acids is 2. The van der Waals surface area contributed by atoms with Crippen molar-refractivity contribution in [3.8, 4) is 0 Å². The molecular formula is C24H18Cl2N4O2S. The van der Waals surface area contributed by atoms with Gasteiger partial charge in [0.2, 0.25) is 0 Å². The maximum Gasteiger partial charge on any atom is 0.281 e. The van der Waals surface area contributed by atoms with Crippen LogP contribution in [0.25, 0.3) is 0 Å². The standard InChI is InChI=1S/C24H18Cl2N4O2S/c25-18-8-9-20(21(26)13-18)23(32)29-24-30(11-12-33-24)15-16-4-6-17(7-5-16)22(31)28-14-19-3-1-2-10-27-19/h1-13H,14-15H2,(H,28,31). The van der Waals surface area contributed by atoms with E-state index in [4.69, 9.17) is 23.2 Å². The molecule has 166 valence electrons. The van der Waals surface area contributed by atoms with Crippen molar-refractivity contribution in [3.63, 3.8) is 0 Å². The lowest BCUT2D eigenvalue weighted by atomic mass is 10.1. The van der Waals surface area contributed by atoms with Crippen molar-refractivity contribution in [1.82, 2.24) is 14.9 Å².